The lowest BCUT2D eigenvalue weighted by Gasteiger charge is -2.06. The average molecular weight is 281 g/mol. The van der Waals surface area contributed by atoms with Gasteiger partial charge in [-0.3, -0.25) is 0 Å². The van der Waals surface area contributed by atoms with Gasteiger partial charge in [-0.1, -0.05) is 30.3 Å². The van der Waals surface area contributed by atoms with E-state index in [1.165, 1.54) is 16.5 Å². The summed E-state index contributed by atoms with van der Waals surface area (Å²) in [5.41, 5.74) is 3.39. The van der Waals surface area contributed by atoms with Crippen LogP contribution in [0.2, 0.25) is 0 Å². The van der Waals surface area contributed by atoms with E-state index in [-0.39, 0.29) is 0 Å². The van der Waals surface area contributed by atoms with Crippen molar-refractivity contribution in [1.82, 2.24) is 5.32 Å². The number of hydrogen-bond donors (Lipinski definition) is 1. The van der Waals surface area contributed by atoms with Crippen LogP contribution in [-0.2, 0) is 13.1 Å². The minimum Gasteiger partial charge on any atom is -0.497 e. The van der Waals surface area contributed by atoms with Gasteiger partial charge in [-0.25, -0.2) is 0 Å². The molecule has 108 valence electrons. The number of hydrogen-bond acceptors (Lipinski definition) is 3. The first kappa shape index (κ1) is 13.7. The van der Waals surface area contributed by atoms with Gasteiger partial charge in [-0.2, -0.15) is 0 Å². The van der Waals surface area contributed by atoms with Crippen molar-refractivity contribution < 1.29 is 9.15 Å². The molecule has 0 amide bonds. The molecule has 0 bridgehead atoms. The molecule has 0 aliphatic carbocycles. The Kier molecular flexibility index (Phi) is 3.93. The minimum atomic E-state index is 0.792. The molecule has 3 rings (SSSR count). The number of aryl methyl sites for hydroxylation is 1. The number of methoxy groups -OCH3 is 1. The molecule has 21 heavy (non-hydrogen) atoms. The van der Waals surface area contributed by atoms with E-state index in [1.54, 1.807) is 7.11 Å². The molecule has 0 spiro atoms. The van der Waals surface area contributed by atoms with Crippen LogP contribution < -0.4 is 10.1 Å². The van der Waals surface area contributed by atoms with Crippen LogP contribution in [0, 0.1) is 6.92 Å². The van der Waals surface area contributed by atoms with Crippen LogP contribution in [0.25, 0.3) is 11.0 Å². The predicted octanol–water partition coefficient (Wildman–Crippen LogP) is 4.04. The van der Waals surface area contributed by atoms with Crippen LogP contribution in [0.1, 0.15) is 16.9 Å². The molecule has 0 saturated heterocycles. The lowest BCUT2D eigenvalue weighted by molar-refractivity contribution is 0.414. The molecule has 0 saturated carbocycles. The molecule has 1 heterocycles. The Morgan fingerprint density at radius 2 is 1.90 bits per heavy atom. The molecular weight excluding hydrogens is 262 g/mol. The molecule has 3 nitrogen and oxygen atoms in total. The summed E-state index contributed by atoms with van der Waals surface area (Å²) in [4.78, 5) is 0. The third-order valence-electron chi connectivity index (χ3n) is 3.67. The maximum Gasteiger partial charge on any atom is 0.134 e. The van der Waals surface area contributed by atoms with Crippen molar-refractivity contribution in [3.05, 3.63) is 65.4 Å². The highest BCUT2D eigenvalue weighted by Gasteiger charge is 2.09. The summed E-state index contributed by atoms with van der Waals surface area (Å²) in [5.74, 6) is 1.87. The van der Waals surface area contributed by atoms with E-state index in [9.17, 15) is 0 Å². The molecule has 1 aromatic heterocycles. The van der Waals surface area contributed by atoms with Gasteiger partial charge in [0.1, 0.15) is 17.1 Å². The molecule has 2 aromatic carbocycles. The summed E-state index contributed by atoms with van der Waals surface area (Å²) >= 11 is 0. The first-order valence-electron chi connectivity index (χ1n) is 7.08. The fourth-order valence-electron chi connectivity index (χ4n) is 2.56. The SMILES string of the molecule is COc1cccc(CNCc2c(C)oc3ccccc23)c1. The van der Waals surface area contributed by atoms with E-state index in [0.717, 1.165) is 30.2 Å². The molecule has 0 atom stereocenters. The Bertz CT molecular complexity index is 746. The lowest BCUT2D eigenvalue weighted by Crippen LogP contribution is -2.13. The normalized spacial score (nSPS) is 11.0. The number of para-hydroxylation sites is 1. The molecule has 3 heteroatoms. The quantitative estimate of drug-likeness (QED) is 0.766. The summed E-state index contributed by atoms with van der Waals surface area (Å²) < 4.78 is 11.0. The Balaban J connectivity index is 1.70. The fraction of sp³-hybridized carbons (Fsp3) is 0.222. The van der Waals surface area contributed by atoms with Crippen LogP contribution in [0.3, 0.4) is 0 Å². The highest BCUT2D eigenvalue weighted by Crippen LogP contribution is 2.25. The van der Waals surface area contributed by atoms with Crippen molar-refractivity contribution in [2.75, 3.05) is 7.11 Å². The molecule has 0 unspecified atom stereocenters. The monoisotopic (exact) mass is 281 g/mol. The lowest BCUT2D eigenvalue weighted by atomic mass is 10.1. The summed E-state index contributed by atoms with van der Waals surface area (Å²) in [7, 11) is 1.69. The average Bonchev–Trinajstić information content (AvgIpc) is 2.83. The maximum atomic E-state index is 5.78. The van der Waals surface area contributed by atoms with Gasteiger partial charge >= 0.3 is 0 Å². The number of fused-ring (bicyclic) bond motifs is 1. The number of rotatable bonds is 5. The van der Waals surface area contributed by atoms with Gasteiger partial charge in [0.2, 0.25) is 0 Å². The number of nitrogens with one attached hydrogen (secondary N) is 1. The summed E-state index contributed by atoms with van der Waals surface area (Å²) in [6, 6.07) is 16.3. The second kappa shape index (κ2) is 6.02. The number of benzene rings is 2. The zero-order chi connectivity index (χ0) is 14.7. The zero-order valence-electron chi connectivity index (χ0n) is 12.3. The molecule has 0 radical (unpaired) electrons. The van der Waals surface area contributed by atoms with Gasteiger partial charge in [-0.05, 0) is 30.7 Å². The van der Waals surface area contributed by atoms with E-state index in [0.29, 0.717) is 0 Å². The summed E-state index contributed by atoms with van der Waals surface area (Å²) in [6.45, 7) is 3.61. The minimum absolute atomic E-state index is 0.792. The van der Waals surface area contributed by atoms with Crippen molar-refractivity contribution in [3.8, 4) is 5.75 Å². The second-order valence-electron chi connectivity index (χ2n) is 5.09. The second-order valence-corrected chi connectivity index (χ2v) is 5.09. The van der Waals surface area contributed by atoms with Crippen LogP contribution in [0.4, 0.5) is 0 Å². The van der Waals surface area contributed by atoms with Gasteiger partial charge in [-0.15, -0.1) is 0 Å². The van der Waals surface area contributed by atoms with Gasteiger partial charge in [0.05, 0.1) is 7.11 Å². The Labute approximate surface area is 124 Å². The van der Waals surface area contributed by atoms with Crippen molar-refractivity contribution in [2.45, 2.75) is 20.0 Å². The molecule has 1 N–H and O–H groups in total. The van der Waals surface area contributed by atoms with E-state index >= 15 is 0 Å². The van der Waals surface area contributed by atoms with Crippen LogP contribution in [-0.4, -0.2) is 7.11 Å². The van der Waals surface area contributed by atoms with E-state index in [2.05, 4.69) is 17.4 Å². The number of furan rings is 1. The Morgan fingerprint density at radius 1 is 1.05 bits per heavy atom. The molecule has 0 aliphatic rings. The topological polar surface area (TPSA) is 34.4 Å². The summed E-state index contributed by atoms with van der Waals surface area (Å²) in [5, 5.41) is 4.66. The first-order chi connectivity index (χ1) is 10.3. The standard InChI is InChI=1S/C18H19NO2/c1-13-17(16-8-3-4-9-18(16)21-13)12-19-11-14-6-5-7-15(10-14)20-2/h3-10,19H,11-12H2,1-2H3. The highest BCUT2D eigenvalue weighted by molar-refractivity contribution is 5.82. The van der Waals surface area contributed by atoms with E-state index < -0.39 is 0 Å². The number of ether oxygens (including phenoxy) is 1. The first-order valence-corrected chi connectivity index (χ1v) is 7.08. The fourth-order valence-corrected chi connectivity index (χ4v) is 2.56. The van der Waals surface area contributed by atoms with Gasteiger partial charge < -0.3 is 14.5 Å². The van der Waals surface area contributed by atoms with Gasteiger partial charge in [0.15, 0.2) is 0 Å². The van der Waals surface area contributed by atoms with Crippen molar-refractivity contribution >= 4 is 11.0 Å². The van der Waals surface area contributed by atoms with Gasteiger partial charge in [0.25, 0.3) is 0 Å². The largest absolute Gasteiger partial charge is 0.497 e. The van der Waals surface area contributed by atoms with Crippen molar-refractivity contribution in [2.24, 2.45) is 0 Å². The molecule has 3 aromatic rings. The molecular formula is C18H19NO2. The maximum absolute atomic E-state index is 5.78. The van der Waals surface area contributed by atoms with E-state index in [1.807, 2.05) is 43.3 Å². The zero-order valence-corrected chi connectivity index (χ0v) is 12.3. The Morgan fingerprint density at radius 3 is 2.76 bits per heavy atom. The molecule has 0 fully saturated rings. The van der Waals surface area contributed by atoms with Gasteiger partial charge in [0, 0.05) is 24.0 Å². The predicted molar refractivity (Wildman–Crippen MR) is 84.5 cm³/mol. The highest BCUT2D eigenvalue weighted by atomic mass is 16.5. The van der Waals surface area contributed by atoms with Crippen molar-refractivity contribution in [1.29, 1.82) is 0 Å². The van der Waals surface area contributed by atoms with E-state index in [4.69, 9.17) is 9.15 Å². The van der Waals surface area contributed by atoms with Crippen molar-refractivity contribution in [3.63, 3.8) is 0 Å². The van der Waals surface area contributed by atoms with Crippen LogP contribution in [0.5, 0.6) is 5.75 Å². The van der Waals surface area contributed by atoms with Crippen LogP contribution in [0.15, 0.2) is 52.9 Å². The Hall–Kier alpha value is -2.26. The van der Waals surface area contributed by atoms with Crippen LogP contribution >= 0.6 is 0 Å². The smallest absolute Gasteiger partial charge is 0.134 e. The molecule has 0 aliphatic heterocycles. The third-order valence-corrected chi connectivity index (χ3v) is 3.67. The third kappa shape index (κ3) is 2.93. The summed E-state index contributed by atoms with van der Waals surface area (Å²) in [6.07, 6.45) is 0.